The molecule has 1 N–H and O–H groups in total. The van der Waals surface area contributed by atoms with Crippen LogP contribution in [0, 0.1) is 6.92 Å². The zero-order valence-electron chi connectivity index (χ0n) is 14.2. The number of rotatable bonds is 6. The number of carbonyl (C=O) groups excluding carboxylic acids is 1. The minimum absolute atomic E-state index is 0.0351. The van der Waals surface area contributed by atoms with E-state index in [4.69, 9.17) is 0 Å². The number of para-hydroxylation sites is 1. The van der Waals surface area contributed by atoms with Crippen LogP contribution in [0.2, 0.25) is 0 Å². The summed E-state index contributed by atoms with van der Waals surface area (Å²) in [4.78, 5) is 23.4. The van der Waals surface area contributed by atoms with E-state index in [0.29, 0.717) is 11.4 Å². The summed E-state index contributed by atoms with van der Waals surface area (Å²) in [5.41, 5.74) is 1.85. The van der Waals surface area contributed by atoms with Gasteiger partial charge in [-0.3, -0.25) is 4.79 Å². The topological polar surface area (TPSA) is 54.9 Å². The van der Waals surface area contributed by atoms with Crippen molar-refractivity contribution in [3.63, 3.8) is 0 Å². The lowest BCUT2D eigenvalue weighted by Gasteiger charge is -2.02. The highest BCUT2D eigenvalue weighted by molar-refractivity contribution is 7.22. The molecule has 0 atom stereocenters. The van der Waals surface area contributed by atoms with Crippen LogP contribution in [0.15, 0.2) is 41.8 Å². The lowest BCUT2D eigenvalue weighted by atomic mass is 10.3. The number of thiophene rings is 1. The Morgan fingerprint density at radius 1 is 1.12 bits per heavy atom. The van der Waals surface area contributed by atoms with Gasteiger partial charge in [-0.15, -0.1) is 34.0 Å². The Morgan fingerprint density at radius 3 is 2.81 bits per heavy atom. The lowest BCUT2D eigenvalue weighted by Crippen LogP contribution is -2.24. The number of hydrogen-bond donors (Lipinski definition) is 1. The number of fused-ring (bicyclic) bond motifs is 1. The van der Waals surface area contributed by atoms with Gasteiger partial charge in [0.2, 0.25) is 0 Å². The van der Waals surface area contributed by atoms with Gasteiger partial charge in [0, 0.05) is 13.0 Å². The fraction of sp³-hybridized carbons (Fsp3) is 0.211. The van der Waals surface area contributed by atoms with E-state index in [1.807, 2.05) is 42.6 Å². The quantitative estimate of drug-likeness (QED) is 0.456. The molecule has 7 heteroatoms. The van der Waals surface area contributed by atoms with E-state index in [2.05, 4.69) is 21.4 Å². The van der Waals surface area contributed by atoms with Gasteiger partial charge in [-0.2, -0.15) is 0 Å². The van der Waals surface area contributed by atoms with Crippen LogP contribution in [0.5, 0.6) is 0 Å². The Bertz CT molecular complexity index is 1000. The summed E-state index contributed by atoms with van der Waals surface area (Å²) < 4.78 is 1.22. The molecule has 3 aromatic heterocycles. The summed E-state index contributed by atoms with van der Waals surface area (Å²) in [6.07, 6.45) is 1.75. The van der Waals surface area contributed by atoms with Crippen LogP contribution in [0.4, 0.5) is 0 Å². The molecule has 0 aliphatic heterocycles. The third kappa shape index (κ3) is 3.70. The van der Waals surface area contributed by atoms with E-state index < -0.39 is 0 Å². The molecular weight excluding hydrogens is 382 g/mol. The Labute approximate surface area is 163 Å². The van der Waals surface area contributed by atoms with Gasteiger partial charge in [0.25, 0.3) is 5.91 Å². The number of hydrogen-bond acceptors (Lipinski definition) is 6. The minimum atomic E-state index is -0.0351. The van der Waals surface area contributed by atoms with Crippen molar-refractivity contribution in [2.24, 2.45) is 0 Å². The average molecular weight is 400 g/mol. The highest BCUT2D eigenvalue weighted by Crippen LogP contribution is 2.31. The molecule has 1 amide bonds. The van der Waals surface area contributed by atoms with Crippen molar-refractivity contribution in [1.29, 1.82) is 0 Å². The second-order valence-electron chi connectivity index (χ2n) is 5.85. The fourth-order valence-electron chi connectivity index (χ4n) is 2.66. The van der Waals surface area contributed by atoms with Crippen LogP contribution in [-0.2, 0) is 6.42 Å². The maximum absolute atomic E-state index is 12.5. The van der Waals surface area contributed by atoms with Crippen molar-refractivity contribution in [2.45, 2.75) is 19.8 Å². The molecule has 4 rings (SSSR count). The Hall–Kier alpha value is -2.09. The van der Waals surface area contributed by atoms with Crippen molar-refractivity contribution >= 4 is 50.1 Å². The first kappa shape index (κ1) is 17.3. The number of nitrogens with zero attached hydrogens (tertiary/aromatic N) is 2. The van der Waals surface area contributed by atoms with Crippen molar-refractivity contribution < 1.29 is 4.79 Å². The van der Waals surface area contributed by atoms with Gasteiger partial charge in [-0.1, -0.05) is 18.2 Å². The third-order valence-electron chi connectivity index (χ3n) is 3.93. The first-order valence-corrected chi connectivity index (χ1v) is 10.9. The van der Waals surface area contributed by atoms with Crippen LogP contribution >= 0.6 is 34.0 Å². The zero-order valence-corrected chi connectivity index (χ0v) is 16.6. The predicted octanol–water partition coefficient (Wildman–Crippen LogP) is 5.15. The summed E-state index contributed by atoms with van der Waals surface area (Å²) >= 11 is 4.83. The van der Waals surface area contributed by atoms with E-state index in [9.17, 15) is 4.79 Å². The molecule has 26 heavy (non-hydrogen) atoms. The van der Waals surface area contributed by atoms with Gasteiger partial charge in [0.1, 0.15) is 9.88 Å². The van der Waals surface area contributed by atoms with Gasteiger partial charge < -0.3 is 5.32 Å². The van der Waals surface area contributed by atoms with E-state index in [0.717, 1.165) is 38.9 Å². The number of nitrogens with one attached hydrogen (secondary N) is 1. The molecule has 0 spiro atoms. The number of thiazole rings is 2. The molecule has 0 aliphatic rings. The van der Waals surface area contributed by atoms with E-state index >= 15 is 0 Å². The first-order chi connectivity index (χ1) is 12.7. The summed E-state index contributed by atoms with van der Waals surface area (Å²) in [5, 5.41) is 7.07. The second kappa shape index (κ2) is 7.65. The molecule has 0 saturated carbocycles. The standard InChI is InChI=1S/C19H17N3OS3/c1-12-17(26-19(21-12)15-8-5-11-24-15)18(23)20-10-4-9-16-22-13-6-2-3-7-14(13)25-16/h2-3,5-8,11H,4,9-10H2,1H3,(H,20,23). The Kier molecular flexibility index (Phi) is 5.10. The summed E-state index contributed by atoms with van der Waals surface area (Å²) in [6, 6.07) is 12.2. The molecule has 132 valence electrons. The molecular formula is C19H17N3OS3. The Morgan fingerprint density at radius 2 is 2.00 bits per heavy atom. The van der Waals surface area contributed by atoms with Gasteiger partial charge >= 0.3 is 0 Å². The molecule has 4 nitrogen and oxygen atoms in total. The van der Waals surface area contributed by atoms with E-state index in [1.54, 1.807) is 22.7 Å². The normalized spacial score (nSPS) is 11.1. The van der Waals surface area contributed by atoms with Crippen molar-refractivity contribution in [3.05, 3.63) is 57.4 Å². The first-order valence-electron chi connectivity index (χ1n) is 8.34. The number of aryl methyl sites for hydroxylation is 2. The molecule has 4 aromatic rings. The number of benzene rings is 1. The minimum Gasteiger partial charge on any atom is -0.351 e. The lowest BCUT2D eigenvalue weighted by molar-refractivity contribution is 0.0956. The van der Waals surface area contributed by atoms with Gasteiger partial charge in [-0.25, -0.2) is 9.97 Å². The smallest absolute Gasteiger partial charge is 0.263 e. The summed E-state index contributed by atoms with van der Waals surface area (Å²) in [5.74, 6) is -0.0351. The van der Waals surface area contributed by atoms with Crippen molar-refractivity contribution in [2.75, 3.05) is 6.54 Å². The monoisotopic (exact) mass is 399 g/mol. The van der Waals surface area contributed by atoms with Gasteiger partial charge in [0.15, 0.2) is 0 Å². The number of amides is 1. The highest BCUT2D eigenvalue weighted by Gasteiger charge is 2.16. The summed E-state index contributed by atoms with van der Waals surface area (Å²) in [6.45, 7) is 2.53. The molecule has 3 heterocycles. The fourth-order valence-corrected chi connectivity index (χ4v) is 5.45. The molecule has 0 radical (unpaired) electrons. The highest BCUT2D eigenvalue weighted by atomic mass is 32.1. The largest absolute Gasteiger partial charge is 0.351 e. The molecule has 0 aliphatic carbocycles. The molecule has 0 bridgehead atoms. The molecule has 0 saturated heterocycles. The van der Waals surface area contributed by atoms with Crippen LogP contribution in [0.3, 0.4) is 0 Å². The summed E-state index contributed by atoms with van der Waals surface area (Å²) in [7, 11) is 0. The molecule has 1 aromatic carbocycles. The third-order valence-corrected chi connectivity index (χ3v) is 7.22. The van der Waals surface area contributed by atoms with Crippen LogP contribution in [0.25, 0.3) is 20.1 Å². The average Bonchev–Trinajstić information content (AvgIpc) is 3.36. The predicted molar refractivity (Wildman–Crippen MR) is 110 cm³/mol. The van der Waals surface area contributed by atoms with Crippen molar-refractivity contribution in [3.8, 4) is 9.88 Å². The van der Waals surface area contributed by atoms with Crippen LogP contribution in [0.1, 0.15) is 26.8 Å². The molecule has 0 unspecified atom stereocenters. The van der Waals surface area contributed by atoms with E-state index in [1.165, 1.54) is 16.0 Å². The maximum Gasteiger partial charge on any atom is 0.263 e. The maximum atomic E-state index is 12.5. The number of carbonyl (C=O) groups is 1. The van der Waals surface area contributed by atoms with Crippen molar-refractivity contribution in [1.82, 2.24) is 15.3 Å². The zero-order chi connectivity index (χ0) is 17.9. The van der Waals surface area contributed by atoms with Gasteiger partial charge in [0.05, 0.1) is 25.8 Å². The number of aromatic nitrogens is 2. The Balaban J connectivity index is 1.32. The van der Waals surface area contributed by atoms with Gasteiger partial charge in [-0.05, 0) is 36.9 Å². The van der Waals surface area contributed by atoms with Crippen LogP contribution in [-0.4, -0.2) is 22.4 Å². The molecule has 0 fully saturated rings. The van der Waals surface area contributed by atoms with Crippen LogP contribution < -0.4 is 5.32 Å². The SMILES string of the molecule is Cc1nc(-c2cccs2)sc1C(=O)NCCCc1nc2ccccc2s1. The second-order valence-corrected chi connectivity index (χ2v) is 8.91. The van der Waals surface area contributed by atoms with E-state index in [-0.39, 0.29) is 5.91 Å².